The highest BCUT2D eigenvalue weighted by Crippen LogP contribution is 2.20. The molecule has 1 heterocycles. The molecule has 0 saturated carbocycles. The minimum atomic E-state index is -0.533. The van der Waals surface area contributed by atoms with Crippen LogP contribution in [0.4, 0.5) is 0 Å². The van der Waals surface area contributed by atoms with Gasteiger partial charge in [-0.25, -0.2) is 0 Å². The minimum Gasteiger partial charge on any atom is -0.853 e. The second-order valence-electron chi connectivity index (χ2n) is 2.62. The van der Waals surface area contributed by atoms with Crippen LogP contribution in [0.2, 0.25) is 0 Å². The summed E-state index contributed by atoms with van der Waals surface area (Å²) in [4.78, 5) is 0. The first-order valence-corrected chi connectivity index (χ1v) is 3.04. The van der Waals surface area contributed by atoms with Crippen LogP contribution in [0.1, 0.15) is 13.8 Å². The van der Waals surface area contributed by atoms with Crippen LogP contribution in [0.5, 0.6) is 0 Å². The number of ether oxygens (including phenoxy) is 2. The van der Waals surface area contributed by atoms with E-state index in [1.165, 1.54) is 0 Å². The van der Waals surface area contributed by atoms with Crippen molar-refractivity contribution in [3.8, 4) is 0 Å². The smallest absolute Gasteiger partial charge is 0.163 e. The third-order valence-corrected chi connectivity index (χ3v) is 1.25. The molecule has 1 fully saturated rings. The highest BCUT2D eigenvalue weighted by molar-refractivity contribution is 4.68. The first kappa shape index (κ1) is 6.99. The van der Waals surface area contributed by atoms with Gasteiger partial charge in [0.2, 0.25) is 0 Å². The third kappa shape index (κ3) is 1.64. The fourth-order valence-electron chi connectivity index (χ4n) is 0.845. The van der Waals surface area contributed by atoms with E-state index in [4.69, 9.17) is 9.47 Å². The van der Waals surface area contributed by atoms with Crippen LogP contribution in [-0.2, 0) is 9.47 Å². The molecule has 0 aromatic heterocycles. The quantitative estimate of drug-likeness (QED) is 0.481. The zero-order valence-electron chi connectivity index (χ0n) is 5.72. The maximum atomic E-state index is 10.2. The summed E-state index contributed by atoms with van der Waals surface area (Å²) in [5.74, 6) is -0.533. The molecule has 0 bridgehead atoms. The van der Waals surface area contributed by atoms with Gasteiger partial charge in [0.25, 0.3) is 0 Å². The van der Waals surface area contributed by atoms with E-state index in [0.717, 1.165) is 0 Å². The van der Waals surface area contributed by atoms with Gasteiger partial charge in [0.1, 0.15) is 0 Å². The van der Waals surface area contributed by atoms with Gasteiger partial charge in [0.15, 0.2) is 5.79 Å². The van der Waals surface area contributed by atoms with Gasteiger partial charge in [0.05, 0.1) is 12.7 Å². The summed E-state index contributed by atoms with van der Waals surface area (Å²) in [6.45, 7) is 3.85. The molecule has 9 heavy (non-hydrogen) atoms. The predicted molar refractivity (Wildman–Crippen MR) is 29.8 cm³/mol. The van der Waals surface area contributed by atoms with Gasteiger partial charge in [-0.3, -0.25) is 0 Å². The number of hydrogen-bond donors (Lipinski definition) is 0. The summed E-state index contributed by atoms with van der Waals surface area (Å²) in [5.41, 5.74) is 0. The molecule has 0 N–H and O–H groups in total. The van der Waals surface area contributed by atoms with Crippen molar-refractivity contribution in [1.29, 1.82) is 0 Å². The van der Waals surface area contributed by atoms with Crippen LogP contribution >= 0.6 is 0 Å². The maximum absolute atomic E-state index is 10.2. The Balaban J connectivity index is 2.38. The van der Waals surface area contributed by atoms with Gasteiger partial charge in [-0.05, 0) is 13.8 Å². The highest BCUT2D eigenvalue weighted by atomic mass is 16.7. The Morgan fingerprint density at radius 2 is 2.33 bits per heavy atom. The average Bonchev–Trinajstić information content (AvgIpc) is 2.10. The molecule has 1 rings (SSSR count). The van der Waals surface area contributed by atoms with Crippen LogP contribution < -0.4 is 5.11 Å². The Kier molecular flexibility index (Phi) is 1.75. The van der Waals surface area contributed by atoms with E-state index >= 15 is 0 Å². The van der Waals surface area contributed by atoms with Crippen LogP contribution in [0.3, 0.4) is 0 Å². The molecular formula is C6H11O3-. The van der Waals surface area contributed by atoms with Crippen LogP contribution in [0.25, 0.3) is 0 Å². The van der Waals surface area contributed by atoms with Crippen molar-refractivity contribution in [1.82, 2.24) is 0 Å². The third-order valence-electron chi connectivity index (χ3n) is 1.25. The molecule has 54 valence electrons. The van der Waals surface area contributed by atoms with Crippen molar-refractivity contribution in [3.05, 3.63) is 0 Å². The molecular weight excluding hydrogens is 120 g/mol. The van der Waals surface area contributed by atoms with Gasteiger partial charge in [-0.15, -0.1) is 6.61 Å². The molecule has 0 radical (unpaired) electrons. The first-order valence-electron chi connectivity index (χ1n) is 3.04. The number of rotatable bonds is 1. The van der Waals surface area contributed by atoms with E-state index in [0.29, 0.717) is 6.61 Å². The van der Waals surface area contributed by atoms with Crippen molar-refractivity contribution in [2.24, 2.45) is 0 Å². The Hall–Kier alpha value is -0.120. The lowest BCUT2D eigenvalue weighted by atomic mass is 10.4. The fraction of sp³-hybridized carbons (Fsp3) is 1.00. The van der Waals surface area contributed by atoms with Gasteiger partial charge in [-0.1, -0.05) is 0 Å². The highest BCUT2D eigenvalue weighted by Gasteiger charge is 2.29. The molecule has 0 aromatic rings. The normalized spacial score (nSPS) is 33.0. The van der Waals surface area contributed by atoms with E-state index in [2.05, 4.69) is 0 Å². The van der Waals surface area contributed by atoms with Crippen molar-refractivity contribution in [2.45, 2.75) is 25.7 Å². The molecule has 1 atom stereocenters. The second-order valence-corrected chi connectivity index (χ2v) is 2.62. The number of hydrogen-bond acceptors (Lipinski definition) is 3. The molecule has 0 aromatic carbocycles. The molecule has 0 aliphatic carbocycles. The monoisotopic (exact) mass is 131 g/mol. The van der Waals surface area contributed by atoms with E-state index in [1.54, 1.807) is 0 Å². The maximum Gasteiger partial charge on any atom is 0.163 e. The topological polar surface area (TPSA) is 41.5 Å². The molecule has 1 aliphatic rings. The van der Waals surface area contributed by atoms with E-state index in [1.807, 2.05) is 13.8 Å². The SMILES string of the molecule is CC1(C)OCC(C[O-])O1. The summed E-state index contributed by atoms with van der Waals surface area (Å²) in [7, 11) is 0. The Bertz CT molecular complexity index is 100. The van der Waals surface area contributed by atoms with E-state index in [9.17, 15) is 5.11 Å². The molecule has 3 nitrogen and oxygen atoms in total. The average molecular weight is 131 g/mol. The van der Waals surface area contributed by atoms with Crippen LogP contribution in [0, 0.1) is 0 Å². The van der Waals surface area contributed by atoms with Crippen molar-refractivity contribution >= 4 is 0 Å². The largest absolute Gasteiger partial charge is 0.853 e. The summed E-state index contributed by atoms with van der Waals surface area (Å²) in [6, 6.07) is 0. The summed E-state index contributed by atoms with van der Waals surface area (Å²) >= 11 is 0. The first-order chi connectivity index (χ1) is 4.14. The minimum absolute atomic E-state index is 0.205. The second kappa shape index (κ2) is 2.25. The fourth-order valence-corrected chi connectivity index (χ4v) is 0.845. The van der Waals surface area contributed by atoms with Gasteiger partial charge in [0, 0.05) is 0 Å². The zero-order chi connectivity index (χ0) is 6.91. The molecule has 3 heteroatoms. The molecule has 1 saturated heterocycles. The standard InChI is InChI=1S/C6H11O3/c1-6(2)8-4-5(3-7)9-6/h5H,3-4H2,1-2H3/q-1. The Labute approximate surface area is 54.6 Å². The molecule has 0 spiro atoms. The van der Waals surface area contributed by atoms with Crippen LogP contribution in [0.15, 0.2) is 0 Å². The van der Waals surface area contributed by atoms with Gasteiger partial charge < -0.3 is 14.6 Å². The lowest BCUT2D eigenvalue weighted by Crippen LogP contribution is -2.28. The van der Waals surface area contributed by atoms with E-state index in [-0.39, 0.29) is 12.7 Å². The predicted octanol–water partition coefficient (Wildman–Crippen LogP) is -0.502. The molecule has 0 amide bonds. The Morgan fingerprint density at radius 1 is 1.67 bits per heavy atom. The van der Waals surface area contributed by atoms with Crippen molar-refractivity contribution in [3.63, 3.8) is 0 Å². The molecule has 1 aliphatic heterocycles. The molecule has 1 unspecified atom stereocenters. The lowest BCUT2D eigenvalue weighted by molar-refractivity contribution is -0.385. The lowest BCUT2D eigenvalue weighted by Gasteiger charge is -2.17. The zero-order valence-corrected chi connectivity index (χ0v) is 5.72. The van der Waals surface area contributed by atoms with Gasteiger partial charge >= 0.3 is 0 Å². The summed E-state index contributed by atoms with van der Waals surface area (Å²) in [5, 5.41) is 10.2. The van der Waals surface area contributed by atoms with Crippen molar-refractivity contribution in [2.75, 3.05) is 13.2 Å². The Morgan fingerprint density at radius 3 is 2.56 bits per heavy atom. The van der Waals surface area contributed by atoms with Crippen molar-refractivity contribution < 1.29 is 14.6 Å². The van der Waals surface area contributed by atoms with Crippen LogP contribution in [-0.4, -0.2) is 25.1 Å². The summed E-state index contributed by atoms with van der Waals surface area (Å²) < 4.78 is 10.3. The summed E-state index contributed by atoms with van der Waals surface area (Å²) in [6.07, 6.45) is -0.236. The van der Waals surface area contributed by atoms with Gasteiger partial charge in [-0.2, -0.15) is 0 Å². The van der Waals surface area contributed by atoms with E-state index < -0.39 is 5.79 Å².